The fourth-order valence-electron chi connectivity index (χ4n) is 0.295. The first-order chi connectivity index (χ1) is 4.68. The molecule has 11 heavy (non-hydrogen) atoms. The molecule has 0 rings (SSSR count). The zero-order valence-corrected chi connectivity index (χ0v) is 6.69. The summed E-state index contributed by atoms with van der Waals surface area (Å²) in [4.78, 5) is 10.6. The predicted octanol–water partition coefficient (Wildman–Crippen LogP) is 0.319. The maximum atomic E-state index is 10.6. The van der Waals surface area contributed by atoms with Crippen molar-refractivity contribution in [1.29, 1.82) is 0 Å². The average Bonchev–Trinajstić information content (AvgIpc) is 1.88. The molecule has 0 amide bonds. The van der Waals surface area contributed by atoms with Gasteiger partial charge in [-0.05, 0) is 19.8 Å². The number of carbonyl (C=O) groups excluding carboxylic acids is 1. The van der Waals surface area contributed by atoms with Crippen LogP contribution in [0.25, 0.3) is 0 Å². The van der Waals surface area contributed by atoms with Gasteiger partial charge in [0.2, 0.25) is 0 Å². The molecule has 0 N–H and O–H groups in total. The Kier molecular flexibility index (Phi) is 11.0. The molecule has 3 nitrogen and oxygen atoms in total. The van der Waals surface area contributed by atoms with Gasteiger partial charge >= 0.3 is 35.5 Å². The van der Waals surface area contributed by atoms with Crippen LogP contribution < -0.4 is 0 Å². The van der Waals surface area contributed by atoms with Crippen molar-refractivity contribution in [2.24, 2.45) is 0 Å². The Morgan fingerprint density at radius 2 is 2.09 bits per heavy atom. The van der Waals surface area contributed by atoms with Gasteiger partial charge in [0, 0.05) is 5.57 Å². The van der Waals surface area contributed by atoms with Crippen LogP contribution in [0.5, 0.6) is 0 Å². The third-order valence-electron chi connectivity index (χ3n) is 0.756. The van der Waals surface area contributed by atoms with E-state index >= 15 is 0 Å². The first-order valence-electron chi connectivity index (χ1n) is 2.77. The molecule has 0 atom stereocenters. The van der Waals surface area contributed by atoms with Gasteiger partial charge in [-0.1, -0.05) is 6.58 Å². The predicted molar refractivity (Wildman–Crippen MR) is 47.9 cm³/mol. The topological polar surface area (TPSA) is 35.5 Å². The first kappa shape index (κ1) is 14.1. The molecule has 0 bridgehead atoms. The molecule has 60 valence electrons. The maximum absolute atomic E-state index is 10.6. The molecule has 0 saturated carbocycles. The van der Waals surface area contributed by atoms with E-state index in [1.54, 1.807) is 6.92 Å². The minimum absolute atomic E-state index is 0. The standard InChI is InChI=1S/C6H10O3S.Na.H/c1-5(2)6(7)8-3-4-9-10;;/h10H,1,3-4H2,2H3;;. The van der Waals surface area contributed by atoms with E-state index in [-0.39, 0.29) is 36.2 Å². The Balaban J connectivity index is 0. The van der Waals surface area contributed by atoms with Gasteiger partial charge < -0.3 is 8.92 Å². The van der Waals surface area contributed by atoms with Gasteiger partial charge in [-0.15, -0.1) is 0 Å². The Morgan fingerprint density at radius 1 is 1.55 bits per heavy atom. The van der Waals surface area contributed by atoms with Gasteiger partial charge in [-0.2, -0.15) is 0 Å². The van der Waals surface area contributed by atoms with Gasteiger partial charge in [0.15, 0.2) is 0 Å². The number of rotatable bonds is 4. The number of ether oxygens (including phenoxy) is 1. The molecule has 0 aromatic carbocycles. The van der Waals surface area contributed by atoms with E-state index in [9.17, 15) is 4.79 Å². The fourth-order valence-corrected chi connectivity index (χ4v) is 0.369. The van der Waals surface area contributed by atoms with E-state index in [0.717, 1.165) is 0 Å². The number of hydrogen-bond acceptors (Lipinski definition) is 4. The third-order valence-corrected chi connectivity index (χ3v) is 0.939. The van der Waals surface area contributed by atoms with Gasteiger partial charge in [0.1, 0.15) is 6.61 Å². The van der Waals surface area contributed by atoms with Crippen molar-refractivity contribution in [2.75, 3.05) is 13.2 Å². The molecule has 0 unspecified atom stereocenters. The Labute approximate surface area is 94.0 Å². The summed E-state index contributed by atoms with van der Waals surface area (Å²) in [5.41, 5.74) is 0.388. The van der Waals surface area contributed by atoms with Crippen molar-refractivity contribution < 1.29 is 13.7 Å². The summed E-state index contributed by atoms with van der Waals surface area (Å²) >= 11 is 3.46. The van der Waals surface area contributed by atoms with Crippen LogP contribution in [0.15, 0.2) is 12.2 Å². The Bertz CT molecular complexity index is 138. The molecule has 5 heteroatoms. The number of esters is 1. The van der Waals surface area contributed by atoms with Crippen molar-refractivity contribution in [3.05, 3.63) is 12.2 Å². The molecule has 0 heterocycles. The van der Waals surface area contributed by atoms with Crippen LogP contribution in [0.3, 0.4) is 0 Å². The van der Waals surface area contributed by atoms with Crippen molar-refractivity contribution in [1.82, 2.24) is 0 Å². The van der Waals surface area contributed by atoms with Gasteiger partial charge in [0.25, 0.3) is 0 Å². The van der Waals surface area contributed by atoms with E-state index in [0.29, 0.717) is 12.2 Å². The monoisotopic (exact) mass is 186 g/mol. The van der Waals surface area contributed by atoms with Crippen LogP contribution in [0, 0.1) is 0 Å². The van der Waals surface area contributed by atoms with Gasteiger partial charge in [0.05, 0.1) is 6.61 Å². The van der Waals surface area contributed by atoms with E-state index in [2.05, 4.69) is 28.4 Å². The van der Waals surface area contributed by atoms with Crippen LogP contribution in [0.2, 0.25) is 0 Å². The van der Waals surface area contributed by atoms with Crippen LogP contribution in [0.1, 0.15) is 6.92 Å². The summed E-state index contributed by atoms with van der Waals surface area (Å²) in [7, 11) is 0. The average molecular weight is 186 g/mol. The van der Waals surface area contributed by atoms with E-state index in [1.165, 1.54) is 0 Å². The summed E-state index contributed by atoms with van der Waals surface area (Å²) < 4.78 is 8.99. The second-order valence-electron chi connectivity index (χ2n) is 1.75. The number of carbonyl (C=O) groups is 1. The summed E-state index contributed by atoms with van der Waals surface area (Å²) in [6.45, 7) is 5.50. The normalized spacial score (nSPS) is 8.18. The Hall–Kier alpha value is 0.520. The molecule has 0 aliphatic rings. The van der Waals surface area contributed by atoms with Gasteiger partial charge in [-0.25, -0.2) is 4.79 Å². The molecule has 0 aliphatic heterocycles. The molecule has 0 aromatic rings. The summed E-state index contributed by atoms with van der Waals surface area (Å²) in [6.07, 6.45) is 0. The summed E-state index contributed by atoms with van der Waals surface area (Å²) in [5.74, 6) is -0.398. The molecule has 0 fully saturated rings. The van der Waals surface area contributed by atoms with Crippen LogP contribution in [0.4, 0.5) is 0 Å². The van der Waals surface area contributed by atoms with Crippen molar-refractivity contribution >= 4 is 48.4 Å². The molecular formula is C6H11NaO3S. The number of thiol groups is 1. The first-order valence-corrected chi connectivity index (χ1v) is 3.14. The SMILES string of the molecule is C=C(C)C(=O)OCCOS.[NaH]. The third kappa shape index (κ3) is 8.43. The second-order valence-corrected chi connectivity index (χ2v) is 2.01. The van der Waals surface area contributed by atoms with Crippen molar-refractivity contribution in [2.45, 2.75) is 6.92 Å². The fraction of sp³-hybridized carbons (Fsp3) is 0.500. The zero-order chi connectivity index (χ0) is 7.98. The molecular weight excluding hydrogens is 175 g/mol. The molecule has 0 aromatic heterocycles. The summed E-state index contributed by atoms with van der Waals surface area (Å²) in [6, 6.07) is 0. The summed E-state index contributed by atoms with van der Waals surface area (Å²) in [5, 5.41) is 0. The second kappa shape index (κ2) is 8.62. The van der Waals surface area contributed by atoms with Crippen LogP contribution in [-0.2, 0) is 13.7 Å². The molecule has 0 saturated heterocycles. The number of hydrogen-bond donors (Lipinski definition) is 1. The van der Waals surface area contributed by atoms with E-state index in [1.807, 2.05) is 0 Å². The quantitative estimate of drug-likeness (QED) is 0.171. The zero-order valence-electron chi connectivity index (χ0n) is 5.79. The van der Waals surface area contributed by atoms with Gasteiger partial charge in [-0.3, -0.25) is 0 Å². The minimum atomic E-state index is -0.398. The molecule has 0 radical (unpaired) electrons. The van der Waals surface area contributed by atoms with E-state index in [4.69, 9.17) is 0 Å². The molecule has 0 aliphatic carbocycles. The van der Waals surface area contributed by atoms with Crippen molar-refractivity contribution in [3.63, 3.8) is 0 Å². The van der Waals surface area contributed by atoms with Crippen LogP contribution in [-0.4, -0.2) is 48.7 Å². The van der Waals surface area contributed by atoms with E-state index < -0.39 is 5.97 Å². The molecule has 0 spiro atoms. The van der Waals surface area contributed by atoms with Crippen LogP contribution >= 0.6 is 12.9 Å². The Morgan fingerprint density at radius 3 is 2.45 bits per heavy atom. The van der Waals surface area contributed by atoms with Crippen molar-refractivity contribution in [3.8, 4) is 0 Å².